The van der Waals surface area contributed by atoms with Crippen LogP contribution in [0.15, 0.2) is 18.3 Å². The Morgan fingerprint density at radius 2 is 1.88 bits per heavy atom. The predicted molar refractivity (Wildman–Crippen MR) is 99.9 cm³/mol. The molecular weight excluding hydrogens is 316 g/mol. The van der Waals surface area contributed by atoms with Crippen LogP contribution in [0.5, 0.6) is 5.88 Å². The van der Waals surface area contributed by atoms with Crippen LogP contribution in [0.25, 0.3) is 0 Å². The van der Waals surface area contributed by atoms with Crippen LogP contribution in [0, 0.1) is 0 Å². The number of carbonyl (C=O) groups is 1. The van der Waals surface area contributed by atoms with E-state index in [-0.39, 0.29) is 5.91 Å². The van der Waals surface area contributed by atoms with Crippen molar-refractivity contribution in [3.05, 3.63) is 18.3 Å². The minimum absolute atomic E-state index is 0.0377. The van der Waals surface area contributed by atoms with Crippen molar-refractivity contribution in [3.63, 3.8) is 0 Å². The van der Waals surface area contributed by atoms with Crippen LogP contribution in [0.3, 0.4) is 0 Å². The lowest BCUT2D eigenvalue weighted by atomic mass is 9.92. The van der Waals surface area contributed by atoms with Gasteiger partial charge in [-0.25, -0.2) is 4.98 Å². The number of anilines is 1. The largest absolute Gasteiger partial charge is 0.478 e. The van der Waals surface area contributed by atoms with Crippen LogP contribution >= 0.6 is 0 Å². The number of unbranched alkanes of at least 4 members (excludes halogenated alkanes) is 1. The second-order valence-electron chi connectivity index (χ2n) is 6.80. The van der Waals surface area contributed by atoms with Gasteiger partial charge in [0.1, 0.15) is 5.60 Å². The molecule has 1 aliphatic rings. The van der Waals surface area contributed by atoms with Crippen LogP contribution in [-0.4, -0.2) is 29.7 Å². The van der Waals surface area contributed by atoms with Crippen molar-refractivity contribution < 1.29 is 14.3 Å². The average Bonchev–Trinajstić information content (AvgIpc) is 2.88. The molecule has 2 rings (SSSR count). The first-order valence-corrected chi connectivity index (χ1v) is 9.74. The molecule has 1 aromatic rings. The monoisotopic (exact) mass is 348 g/mol. The molecule has 1 heterocycles. The number of pyridine rings is 1. The molecule has 5 heteroatoms. The van der Waals surface area contributed by atoms with E-state index in [1.54, 1.807) is 12.3 Å². The van der Waals surface area contributed by atoms with Gasteiger partial charge in [0.15, 0.2) is 0 Å². The predicted octanol–water partition coefficient (Wildman–Crippen LogP) is 4.72. The Morgan fingerprint density at radius 1 is 1.12 bits per heavy atom. The highest BCUT2D eigenvalue weighted by Gasteiger charge is 2.39. The fourth-order valence-corrected chi connectivity index (χ4v) is 3.14. The molecule has 0 atom stereocenters. The Morgan fingerprint density at radius 3 is 2.48 bits per heavy atom. The zero-order valence-corrected chi connectivity index (χ0v) is 15.7. The first-order valence-electron chi connectivity index (χ1n) is 9.74. The molecule has 1 saturated carbocycles. The van der Waals surface area contributed by atoms with Gasteiger partial charge >= 0.3 is 0 Å². The van der Waals surface area contributed by atoms with Gasteiger partial charge in [0.25, 0.3) is 5.91 Å². The summed E-state index contributed by atoms with van der Waals surface area (Å²) in [6.45, 7) is 5.49. The maximum Gasteiger partial charge on any atom is 0.256 e. The molecule has 140 valence electrons. The summed E-state index contributed by atoms with van der Waals surface area (Å²) in [5, 5.41) is 3.00. The first kappa shape index (κ1) is 19.7. The van der Waals surface area contributed by atoms with Gasteiger partial charge in [-0.1, -0.05) is 46.0 Å². The summed E-state index contributed by atoms with van der Waals surface area (Å²) < 4.78 is 11.6. The van der Waals surface area contributed by atoms with Crippen molar-refractivity contribution in [3.8, 4) is 5.88 Å². The van der Waals surface area contributed by atoms with Crippen molar-refractivity contribution in [2.24, 2.45) is 0 Å². The standard InChI is InChI=1S/C20H32N2O3/c1-3-5-15-24-18-11-10-17(16-21-18)22-19(23)20(25-14-4-2)12-8-6-7-9-13-20/h10-11,16H,3-9,12-15H2,1-2H3,(H,22,23). The van der Waals surface area contributed by atoms with E-state index >= 15 is 0 Å². The van der Waals surface area contributed by atoms with Crippen molar-refractivity contribution in [2.45, 2.75) is 77.2 Å². The normalized spacial score (nSPS) is 16.9. The fraction of sp³-hybridized carbons (Fsp3) is 0.700. The smallest absolute Gasteiger partial charge is 0.256 e. The third kappa shape index (κ3) is 5.99. The number of hydrogen-bond donors (Lipinski definition) is 1. The van der Waals surface area contributed by atoms with Crippen LogP contribution in [-0.2, 0) is 9.53 Å². The second-order valence-corrected chi connectivity index (χ2v) is 6.80. The molecule has 0 bridgehead atoms. The third-order valence-electron chi connectivity index (χ3n) is 4.65. The minimum Gasteiger partial charge on any atom is -0.478 e. The summed E-state index contributed by atoms with van der Waals surface area (Å²) in [6.07, 6.45) is 10.7. The van der Waals surface area contributed by atoms with Gasteiger partial charge < -0.3 is 14.8 Å². The Bertz CT molecular complexity index is 508. The van der Waals surface area contributed by atoms with Crippen LogP contribution in [0.2, 0.25) is 0 Å². The number of carbonyl (C=O) groups excluding carboxylic acids is 1. The summed E-state index contributed by atoms with van der Waals surface area (Å²) in [5.74, 6) is 0.558. The minimum atomic E-state index is -0.692. The summed E-state index contributed by atoms with van der Waals surface area (Å²) >= 11 is 0. The van der Waals surface area contributed by atoms with E-state index in [0.717, 1.165) is 44.9 Å². The number of amides is 1. The SMILES string of the molecule is CCCCOc1ccc(NC(=O)C2(OCCC)CCCCCC2)cn1. The Hall–Kier alpha value is -1.62. The summed E-state index contributed by atoms with van der Waals surface area (Å²) in [7, 11) is 0. The van der Waals surface area contributed by atoms with Gasteiger partial charge in [-0.15, -0.1) is 0 Å². The summed E-state index contributed by atoms with van der Waals surface area (Å²) in [4.78, 5) is 17.2. The molecule has 0 aliphatic heterocycles. The lowest BCUT2D eigenvalue weighted by Crippen LogP contribution is -2.45. The highest BCUT2D eigenvalue weighted by Crippen LogP contribution is 2.32. The second kappa shape index (κ2) is 10.4. The van der Waals surface area contributed by atoms with E-state index in [9.17, 15) is 4.79 Å². The molecule has 1 fully saturated rings. The topological polar surface area (TPSA) is 60.5 Å². The number of hydrogen-bond acceptors (Lipinski definition) is 4. The lowest BCUT2D eigenvalue weighted by molar-refractivity contribution is -0.143. The molecule has 1 amide bonds. The van der Waals surface area contributed by atoms with Crippen molar-refractivity contribution in [2.75, 3.05) is 18.5 Å². The van der Waals surface area contributed by atoms with Crippen LogP contribution in [0.4, 0.5) is 5.69 Å². The summed E-state index contributed by atoms with van der Waals surface area (Å²) in [6, 6.07) is 3.65. The van der Waals surface area contributed by atoms with Crippen molar-refractivity contribution in [1.82, 2.24) is 4.98 Å². The van der Waals surface area contributed by atoms with Gasteiger partial charge in [0, 0.05) is 12.7 Å². The molecule has 25 heavy (non-hydrogen) atoms. The van der Waals surface area contributed by atoms with Gasteiger partial charge in [-0.05, 0) is 31.7 Å². The molecule has 0 unspecified atom stereocenters. The average molecular weight is 348 g/mol. The first-order chi connectivity index (χ1) is 12.2. The Labute approximate surface area is 151 Å². The number of rotatable bonds is 9. The fourth-order valence-electron chi connectivity index (χ4n) is 3.14. The highest BCUT2D eigenvalue weighted by atomic mass is 16.5. The molecule has 1 N–H and O–H groups in total. The molecular formula is C20H32N2O3. The van der Waals surface area contributed by atoms with Crippen molar-refractivity contribution >= 4 is 11.6 Å². The number of ether oxygens (including phenoxy) is 2. The van der Waals surface area contributed by atoms with Crippen LogP contribution < -0.4 is 10.1 Å². The van der Waals surface area contributed by atoms with Gasteiger partial charge in [0.05, 0.1) is 18.5 Å². The zero-order chi connectivity index (χ0) is 18.0. The van der Waals surface area contributed by atoms with E-state index in [2.05, 4.69) is 24.1 Å². The zero-order valence-electron chi connectivity index (χ0n) is 15.7. The molecule has 5 nitrogen and oxygen atoms in total. The van der Waals surface area contributed by atoms with Gasteiger partial charge in [0.2, 0.25) is 5.88 Å². The van der Waals surface area contributed by atoms with E-state index in [0.29, 0.717) is 24.8 Å². The van der Waals surface area contributed by atoms with Crippen LogP contribution in [0.1, 0.15) is 71.6 Å². The van der Waals surface area contributed by atoms with E-state index in [1.807, 2.05) is 6.07 Å². The van der Waals surface area contributed by atoms with Gasteiger partial charge in [-0.3, -0.25) is 4.79 Å². The molecule has 0 radical (unpaired) electrons. The maximum absolute atomic E-state index is 12.9. The van der Waals surface area contributed by atoms with Crippen molar-refractivity contribution in [1.29, 1.82) is 0 Å². The lowest BCUT2D eigenvalue weighted by Gasteiger charge is -2.31. The third-order valence-corrected chi connectivity index (χ3v) is 4.65. The Kier molecular flexibility index (Phi) is 8.19. The Balaban J connectivity index is 1.99. The quantitative estimate of drug-likeness (QED) is 0.518. The molecule has 0 spiro atoms. The summed E-state index contributed by atoms with van der Waals surface area (Å²) in [5.41, 5.74) is -0.000398. The molecule has 0 aromatic carbocycles. The molecule has 1 aromatic heterocycles. The van der Waals surface area contributed by atoms with E-state index in [4.69, 9.17) is 9.47 Å². The van der Waals surface area contributed by atoms with E-state index < -0.39 is 5.60 Å². The molecule has 1 aliphatic carbocycles. The number of nitrogens with zero attached hydrogens (tertiary/aromatic N) is 1. The maximum atomic E-state index is 12.9. The number of aromatic nitrogens is 1. The number of nitrogens with one attached hydrogen (secondary N) is 1. The van der Waals surface area contributed by atoms with Gasteiger partial charge in [-0.2, -0.15) is 0 Å². The van der Waals surface area contributed by atoms with E-state index in [1.165, 1.54) is 12.8 Å². The highest BCUT2D eigenvalue weighted by molar-refractivity contribution is 5.97. The molecule has 0 saturated heterocycles.